The number of thiazole rings is 1. The Labute approximate surface area is 179 Å². The number of fused-ring (bicyclic) bond motifs is 1. The molecule has 2 aromatic carbocycles. The molecule has 0 aliphatic heterocycles. The number of carbonyl (C=O) groups excluding carboxylic acids is 3. The molecule has 0 radical (unpaired) electrons. The summed E-state index contributed by atoms with van der Waals surface area (Å²) in [6.07, 6.45) is 0. The van der Waals surface area contributed by atoms with Gasteiger partial charge in [0, 0.05) is 0 Å². The molecular formula is C20H16ClFN2O5S. The standard InChI is InChI=1S/C20H16ClFN2O5S/c1-3-29-19(27)11-7-8-14-15(9-11)30-20(24(14)10-16(25)28-2)23-18(26)17-12(21)5-4-6-13(17)22/h4-9H,3,10H2,1-2H3. The molecular weight excluding hydrogens is 435 g/mol. The Balaban J connectivity index is 2.17. The van der Waals surface area contributed by atoms with Gasteiger partial charge in [0.15, 0.2) is 4.80 Å². The van der Waals surface area contributed by atoms with E-state index < -0.39 is 23.7 Å². The molecule has 0 saturated carbocycles. The van der Waals surface area contributed by atoms with Crippen LogP contribution in [0.3, 0.4) is 0 Å². The van der Waals surface area contributed by atoms with Gasteiger partial charge in [0.2, 0.25) is 0 Å². The minimum atomic E-state index is -0.895. The number of esters is 2. The van der Waals surface area contributed by atoms with Crippen LogP contribution >= 0.6 is 22.9 Å². The number of benzene rings is 2. The van der Waals surface area contributed by atoms with Crippen molar-refractivity contribution < 1.29 is 28.2 Å². The van der Waals surface area contributed by atoms with Crippen molar-refractivity contribution in [3.05, 3.63) is 63.2 Å². The summed E-state index contributed by atoms with van der Waals surface area (Å²) < 4.78 is 25.8. The highest BCUT2D eigenvalue weighted by Crippen LogP contribution is 2.22. The Bertz CT molecular complexity index is 1200. The predicted molar refractivity (Wildman–Crippen MR) is 109 cm³/mol. The molecule has 0 atom stereocenters. The molecule has 0 saturated heterocycles. The van der Waals surface area contributed by atoms with Gasteiger partial charge in [-0.15, -0.1) is 0 Å². The van der Waals surface area contributed by atoms with Crippen molar-refractivity contribution >= 4 is 51.0 Å². The maximum absolute atomic E-state index is 14.1. The Hall–Kier alpha value is -3.04. The summed E-state index contributed by atoms with van der Waals surface area (Å²) in [4.78, 5) is 40.6. The highest BCUT2D eigenvalue weighted by atomic mass is 35.5. The summed E-state index contributed by atoms with van der Waals surface area (Å²) in [5, 5.41) is -0.0750. The molecule has 3 aromatic rings. The molecule has 3 rings (SSSR count). The van der Waals surface area contributed by atoms with E-state index in [1.807, 2.05) is 0 Å². The normalized spacial score (nSPS) is 11.5. The Kier molecular flexibility index (Phi) is 6.63. The smallest absolute Gasteiger partial charge is 0.338 e. The van der Waals surface area contributed by atoms with Crippen molar-refractivity contribution in [2.75, 3.05) is 13.7 Å². The second-order valence-corrected chi connectivity index (χ2v) is 7.38. The van der Waals surface area contributed by atoms with Gasteiger partial charge in [-0.3, -0.25) is 9.59 Å². The van der Waals surface area contributed by atoms with Gasteiger partial charge in [0.05, 0.1) is 40.1 Å². The summed E-state index contributed by atoms with van der Waals surface area (Å²) in [5.74, 6) is -2.77. The first kappa shape index (κ1) is 21.7. The van der Waals surface area contributed by atoms with Crippen LogP contribution in [0.4, 0.5) is 4.39 Å². The molecule has 30 heavy (non-hydrogen) atoms. The summed E-state index contributed by atoms with van der Waals surface area (Å²) in [6, 6.07) is 8.59. The third-order valence-electron chi connectivity index (χ3n) is 4.08. The van der Waals surface area contributed by atoms with Crippen LogP contribution in [-0.2, 0) is 20.8 Å². The minimum Gasteiger partial charge on any atom is -0.468 e. The van der Waals surface area contributed by atoms with Crippen molar-refractivity contribution in [1.29, 1.82) is 0 Å². The van der Waals surface area contributed by atoms with E-state index in [1.165, 1.54) is 23.8 Å². The number of halogens is 2. The summed E-state index contributed by atoms with van der Waals surface area (Å²) in [5.41, 5.74) is 0.490. The molecule has 0 aliphatic rings. The van der Waals surface area contributed by atoms with Gasteiger partial charge in [0.1, 0.15) is 12.4 Å². The fourth-order valence-corrected chi connectivity index (χ4v) is 4.00. The second-order valence-electron chi connectivity index (χ2n) is 5.96. The fourth-order valence-electron chi connectivity index (χ4n) is 2.69. The number of amides is 1. The predicted octanol–water partition coefficient (Wildman–Crippen LogP) is 3.59. The summed E-state index contributed by atoms with van der Waals surface area (Å²) in [6.45, 7) is 1.69. The molecule has 0 spiro atoms. The zero-order valence-electron chi connectivity index (χ0n) is 16.0. The van der Waals surface area contributed by atoms with Gasteiger partial charge in [-0.2, -0.15) is 4.99 Å². The van der Waals surface area contributed by atoms with Crippen molar-refractivity contribution in [2.45, 2.75) is 13.5 Å². The maximum atomic E-state index is 14.1. The van der Waals surface area contributed by atoms with Crippen LogP contribution in [-0.4, -0.2) is 36.1 Å². The lowest BCUT2D eigenvalue weighted by atomic mass is 10.2. The SMILES string of the molecule is CCOC(=O)c1ccc2c(c1)sc(=NC(=O)c1c(F)cccc1Cl)n2CC(=O)OC. The van der Waals surface area contributed by atoms with Crippen LogP contribution < -0.4 is 4.80 Å². The molecule has 0 N–H and O–H groups in total. The van der Waals surface area contributed by atoms with E-state index in [2.05, 4.69) is 4.99 Å². The van der Waals surface area contributed by atoms with Crippen LogP contribution in [0.1, 0.15) is 27.6 Å². The van der Waals surface area contributed by atoms with E-state index >= 15 is 0 Å². The molecule has 0 bridgehead atoms. The molecule has 7 nitrogen and oxygen atoms in total. The van der Waals surface area contributed by atoms with Crippen molar-refractivity contribution in [2.24, 2.45) is 4.99 Å². The summed E-state index contributed by atoms with van der Waals surface area (Å²) in [7, 11) is 1.23. The van der Waals surface area contributed by atoms with E-state index in [1.54, 1.807) is 25.1 Å². The quantitative estimate of drug-likeness (QED) is 0.554. The van der Waals surface area contributed by atoms with E-state index in [-0.39, 0.29) is 28.5 Å². The monoisotopic (exact) mass is 450 g/mol. The van der Waals surface area contributed by atoms with Crippen molar-refractivity contribution in [3.8, 4) is 0 Å². The highest BCUT2D eigenvalue weighted by Gasteiger charge is 2.18. The topological polar surface area (TPSA) is 87.0 Å². The third kappa shape index (κ3) is 4.42. The Morgan fingerprint density at radius 2 is 2.00 bits per heavy atom. The van der Waals surface area contributed by atoms with Crippen molar-refractivity contribution in [1.82, 2.24) is 4.57 Å². The molecule has 1 aromatic heterocycles. The first-order valence-electron chi connectivity index (χ1n) is 8.76. The van der Waals surface area contributed by atoms with Gasteiger partial charge in [-0.25, -0.2) is 9.18 Å². The zero-order chi connectivity index (χ0) is 21.8. The van der Waals surface area contributed by atoms with Gasteiger partial charge >= 0.3 is 11.9 Å². The molecule has 156 valence electrons. The minimum absolute atomic E-state index is 0.0750. The number of carbonyl (C=O) groups is 3. The van der Waals surface area contributed by atoms with Gasteiger partial charge in [-0.1, -0.05) is 29.0 Å². The number of rotatable bonds is 5. The van der Waals surface area contributed by atoms with E-state index in [9.17, 15) is 18.8 Å². The molecule has 1 amide bonds. The van der Waals surface area contributed by atoms with E-state index in [4.69, 9.17) is 21.1 Å². The lowest BCUT2D eigenvalue weighted by molar-refractivity contribution is -0.141. The highest BCUT2D eigenvalue weighted by molar-refractivity contribution is 7.16. The molecule has 0 fully saturated rings. The number of hydrogen-bond donors (Lipinski definition) is 0. The van der Waals surface area contributed by atoms with E-state index in [0.29, 0.717) is 15.8 Å². The number of hydrogen-bond acceptors (Lipinski definition) is 6. The molecule has 1 heterocycles. The number of methoxy groups -OCH3 is 1. The van der Waals surface area contributed by atoms with Crippen LogP contribution in [0.25, 0.3) is 10.2 Å². The summed E-state index contributed by atoms with van der Waals surface area (Å²) >= 11 is 7.01. The average molecular weight is 451 g/mol. The number of aromatic nitrogens is 1. The lowest BCUT2D eigenvalue weighted by Crippen LogP contribution is -2.22. The Morgan fingerprint density at radius 3 is 2.67 bits per heavy atom. The zero-order valence-corrected chi connectivity index (χ0v) is 17.6. The maximum Gasteiger partial charge on any atom is 0.338 e. The van der Waals surface area contributed by atoms with Crippen LogP contribution in [0.2, 0.25) is 5.02 Å². The lowest BCUT2D eigenvalue weighted by Gasteiger charge is -2.05. The van der Waals surface area contributed by atoms with Crippen molar-refractivity contribution in [3.63, 3.8) is 0 Å². The largest absolute Gasteiger partial charge is 0.468 e. The van der Waals surface area contributed by atoms with E-state index in [0.717, 1.165) is 17.4 Å². The first-order valence-corrected chi connectivity index (χ1v) is 9.95. The van der Waals surface area contributed by atoms with Crippen LogP contribution in [0.15, 0.2) is 41.4 Å². The first-order chi connectivity index (χ1) is 14.3. The Morgan fingerprint density at radius 1 is 1.23 bits per heavy atom. The van der Waals surface area contributed by atoms with Gasteiger partial charge < -0.3 is 14.0 Å². The van der Waals surface area contributed by atoms with Gasteiger partial charge in [-0.05, 0) is 37.3 Å². The molecule has 0 unspecified atom stereocenters. The molecule has 10 heteroatoms. The van der Waals surface area contributed by atoms with Gasteiger partial charge in [0.25, 0.3) is 5.91 Å². The molecule has 0 aliphatic carbocycles. The number of nitrogens with zero attached hydrogens (tertiary/aromatic N) is 2. The van der Waals surface area contributed by atoms with Crippen LogP contribution in [0.5, 0.6) is 0 Å². The van der Waals surface area contributed by atoms with Crippen LogP contribution in [0, 0.1) is 5.82 Å². The fraction of sp³-hybridized carbons (Fsp3) is 0.200. The number of ether oxygens (including phenoxy) is 2. The average Bonchev–Trinajstić information content (AvgIpc) is 3.04. The third-order valence-corrected chi connectivity index (χ3v) is 5.44. The second kappa shape index (κ2) is 9.19.